The van der Waals surface area contributed by atoms with Gasteiger partial charge < -0.3 is 4.43 Å². The summed E-state index contributed by atoms with van der Waals surface area (Å²) in [5.74, 6) is 0.541. The van der Waals surface area contributed by atoms with Crippen molar-refractivity contribution in [3.63, 3.8) is 0 Å². The minimum absolute atomic E-state index is 0.306. The van der Waals surface area contributed by atoms with Gasteiger partial charge in [-0.3, -0.25) is 0 Å². The van der Waals surface area contributed by atoms with Crippen molar-refractivity contribution in [2.24, 2.45) is 5.92 Å². The summed E-state index contributed by atoms with van der Waals surface area (Å²) < 4.78 is 6.20. The molecule has 0 saturated carbocycles. The van der Waals surface area contributed by atoms with Gasteiger partial charge in [0.15, 0.2) is 8.32 Å². The van der Waals surface area contributed by atoms with Crippen LogP contribution < -0.4 is 0 Å². The SMILES string of the molecule is C=C=CC(CCC)CC(CC=C)O[Si](C)(C)C. The third kappa shape index (κ3) is 9.17. The van der Waals surface area contributed by atoms with Crippen molar-refractivity contribution >= 4 is 8.32 Å². The van der Waals surface area contributed by atoms with Gasteiger partial charge in [-0.2, -0.15) is 0 Å². The molecule has 0 rings (SSSR count). The second kappa shape index (κ2) is 8.52. The van der Waals surface area contributed by atoms with E-state index in [2.05, 4.69) is 51.5 Å². The molecule has 17 heavy (non-hydrogen) atoms. The third-order valence-corrected chi connectivity index (χ3v) is 3.57. The predicted octanol–water partition coefficient (Wildman–Crippen LogP) is 4.93. The van der Waals surface area contributed by atoms with Gasteiger partial charge in [-0.05, 0) is 50.9 Å². The van der Waals surface area contributed by atoms with Crippen LogP contribution >= 0.6 is 0 Å². The topological polar surface area (TPSA) is 9.23 Å². The largest absolute Gasteiger partial charge is 0.414 e. The van der Waals surface area contributed by atoms with Crippen LogP contribution in [-0.2, 0) is 4.43 Å². The summed E-state index contributed by atoms with van der Waals surface area (Å²) >= 11 is 0. The highest BCUT2D eigenvalue weighted by atomic mass is 28.4. The second-order valence-corrected chi connectivity index (χ2v) is 9.99. The molecule has 0 aliphatic rings. The highest BCUT2D eigenvalue weighted by Crippen LogP contribution is 2.21. The molecule has 0 N–H and O–H groups in total. The summed E-state index contributed by atoms with van der Waals surface area (Å²) in [6.45, 7) is 16.4. The molecule has 0 saturated heterocycles. The third-order valence-electron chi connectivity index (χ3n) is 2.53. The van der Waals surface area contributed by atoms with Gasteiger partial charge in [0.1, 0.15) is 0 Å². The molecule has 2 heteroatoms. The Bertz CT molecular complexity index is 259. The molecule has 0 fully saturated rings. The maximum absolute atomic E-state index is 6.20. The molecule has 0 bridgehead atoms. The standard InChI is InChI=1S/C15H28OSi/c1-7-10-14(11-8-2)13-15(12-9-3)16-17(4,5)6/h9-10,14-15H,1,3,8,11-13H2,2,4-6H3. The van der Waals surface area contributed by atoms with Crippen molar-refractivity contribution in [3.8, 4) is 0 Å². The molecule has 1 nitrogen and oxygen atoms in total. The normalized spacial score (nSPS) is 14.8. The maximum atomic E-state index is 6.20. The number of rotatable bonds is 9. The van der Waals surface area contributed by atoms with Gasteiger partial charge in [-0.15, -0.1) is 12.3 Å². The molecule has 0 aliphatic heterocycles. The lowest BCUT2D eigenvalue weighted by Crippen LogP contribution is -2.32. The molecule has 98 valence electrons. The van der Waals surface area contributed by atoms with Crippen LogP contribution in [-0.4, -0.2) is 14.4 Å². The molecule has 0 aliphatic carbocycles. The number of hydrogen-bond donors (Lipinski definition) is 0. The summed E-state index contributed by atoms with van der Waals surface area (Å²) in [6, 6.07) is 0. The smallest absolute Gasteiger partial charge is 0.184 e. The first kappa shape index (κ1) is 16.4. The highest BCUT2D eigenvalue weighted by molar-refractivity contribution is 6.69. The van der Waals surface area contributed by atoms with Crippen molar-refractivity contribution in [2.75, 3.05) is 0 Å². The molecule has 0 radical (unpaired) electrons. The summed E-state index contributed by atoms with van der Waals surface area (Å²) in [4.78, 5) is 0. The van der Waals surface area contributed by atoms with Crippen LogP contribution in [0.3, 0.4) is 0 Å². The molecular formula is C15H28OSi. The minimum atomic E-state index is -1.47. The van der Waals surface area contributed by atoms with E-state index in [1.807, 2.05) is 6.08 Å². The second-order valence-electron chi connectivity index (χ2n) is 5.53. The first-order valence-electron chi connectivity index (χ1n) is 6.57. The van der Waals surface area contributed by atoms with Crippen molar-refractivity contribution in [3.05, 3.63) is 31.0 Å². The zero-order valence-electron chi connectivity index (χ0n) is 12.0. The van der Waals surface area contributed by atoms with Crippen molar-refractivity contribution in [1.29, 1.82) is 0 Å². The van der Waals surface area contributed by atoms with Gasteiger partial charge in [0.25, 0.3) is 0 Å². The molecule has 0 aromatic rings. The van der Waals surface area contributed by atoms with E-state index in [-0.39, 0.29) is 0 Å². The van der Waals surface area contributed by atoms with Gasteiger partial charge in [-0.25, -0.2) is 0 Å². The van der Waals surface area contributed by atoms with E-state index in [0.29, 0.717) is 12.0 Å². The Kier molecular flexibility index (Phi) is 8.23. The van der Waals surface area contributed by atoms with Crippen LogP contribution in [0.15, 0.2) is 31.0 Å². The Morgan fingerprint density at radius 2 is 2.00 bits per heavy atom. The lowest BCUT2D eigenvalue weighted by atomic mass is 9.95. The summed E-state index contributed by atoms with van der Waals surface area (Å²) in [7, 11) is -1.47. The average Bonchev–Trinajstić information content (AvgIpc) is 2.16. The molecule has 2 atom stereocenters. The average molecular weight is 252 g/mol. The van der Waals surface area contributed by atoms with Gasteiger partial charge in [-0.1, -0.05) is 26.0 Å². The van der Waals surface area contributed by atoms with E-state index in [1.54, 1.807) is 0 Å². The number of hydrogen-bond acceptors (Lipinski definition) is 1. The van der Waals surface area contributed by atoms with E-state index in [9.17, 15) is 0 Å². The molecule has 0 aromatic heterocycles. The fourth-order valence-corrected chi connectivity index (χ4v) is 3.22. The Balaban J connectivity index is 4.47. The van der Waals surface area contributed by atoms with Gasteiger partial charge in [0.05, 0.1) is 0 Å². The van der Waals surface area contributed by atoms with Crippen molar-refractivity contribution in [2.45, 2.75) is 58.4 Å². The minimum Gasteiger partial charge on any atom is -0.414 e. The fraction of sp³-hybridized carbons (Fsp3) is 0.667. The Hall–Kier alpha value is -0.563. The van der Waals surface area contributed by atoms with Crippen LogP contribution in [0.4, 0.5) is 0 Å². The van der Waals surface area contributed by atoms with E-state index in [1.165, 1.54) is 12.8 Å². The van der Waals surface area contributed by atoms with E-state index >= 15 is 0 Å². The summed E-state index contributed by atoms with van der Waals surface area (Å²) in [6.07, 6.45) is 8.74. The van der Waals surface area contributed by atoms with Crippen molar-refractivity contribution < 1.29 is 4.43 Å². The summed E-state index contributed by atoms with van der Waals surface area (Å²) in [5, 5.41) is 0. The Morgan fingerprint density at radius 1 is 1.35 bits per heavy atom. The van der Waals surface area contributed by atoms with Gasteiger partial charge in [0.2, 0.25) is 0 Å². The molecule has 0 aromatic carbocycles. The predicted molar refractivity (Wildman–Crippen MR) is 79.8 cm³/mol. The zero-order valence-corrected chi connectivity index (χ0v) is 13.0. The molecule has 0 amide bonds. The van der Waals surface area contributed by atoms with E-state index in [4.69, 9.17) is 4.43 Å². The van der Waals surface area contributed by atoms with E-state index in [0.717, 1.165) is 12.8 Å². The number of allylic oxidation sites excluding steroid dienone is 1. The van der Waals surface area contributed by atoms with Gasteiger partial charge in [0, 0.05) is 6.10 Å². The highest BCUT2D eigenvalue weighted by Gasteiger charge is 2.22. The lowest BCUT2D eigenvalue weighted by Gasteiger charge is -2.27. The lowest BCUT2D eigenvalue weighted by molar-refractivity contribution is 0.169. The van der Waals surface area contributed by atoms with Crippen molar-refractivity contribution in [1.82, 2.24) is 0 Å². The van der Waals surface area contributed by atoms with Crippen LogP contribution in [0, 0.1) is 5.92 Å². The molecule has 0 spiro atoms. The fourth-order valence-electron chi connectivity index (χ4n) is 2.02. The maximum Gasteiger partial charge on any atom is 0.184 e. The Labute approximate surface area is 108 Å². The van der Waals surface area contributed by atoms with Crippen LogP contribution in [0.1, 0.15) is 32.6 Å². The summed E-state index contributed by atoms with van der Waals surface area (Å²) in [5.41, 5.74) is 2.92. The molecule has 2 unspecified atom stereocenters. The molecule has 0 heterocycles. The Morgan fingerprint density at radius 3 is 2.41 bits per heavy atom. The van der Waals surface area contributed by atoms with Gasteiger partial charge >= 0.3 is 0 Å². The first-order chi connectivity index (χ1) is 7.92. The van der Waals surface area contributed by atoms with E-state index < -0.39 is 8.32 Å². The first-order valence-corrected chi connectivity index (χ1v) is 9.98. The quantitative estimate of drug-likeness (QED) is 0.321. The monoisotopic (exact) mass is 252 g/mol. The van der Waals surface area contributed by atoms with Crippen LogP contribution in [0.2, 0.25) is 19.6 Å². The molecular weight excluding hydrogens is 224 g/mol. The van der Waals surface area contributed by atoms with Crippen LogP contribution in [0.25, 0.3) is 0 Å². The van der Waals surface area contributed by atoms with Crippen LogP contribution in [0.5, 0.6) is 0 Å². The zero-order chi connectivity index (χ0) is 13.3.